The number of carbonyl (C=O) groups excluding carboxylic acids is 1. The first-order valence-electron chi connectivity index (χ1n) is 7.04. The van der Waals surface area contributed by atoms with E-state index in [9.17, 15) is 4.79 Å². The summed E-state index contributed by atoms with van der Waals surface area (Å²) in [4.78, 5) is 12.6. The molecular formula is C17H17BrN2O. The normalized spacial score (nSPS) is 16.8. The van der Waals surface area contributed by atoms with Crippen LogP contribution in [0.5, 0.6) is 0 Å². The zero-order valence-corrected chi connectivity index (χ0v) is 13.4. The van der Waals surface area contributed by atoms with E-state index in [1.807, 2.05) is 49.4 Å². The zero-order chi connectivity index (χ0) is 14.8. The number of benzene rings is 2. The number of aryl methyl sites for hydroxylation is 1. The molecule has 3 rings (SSSR count). The van der Waals surface area contributed by atoms with Crippen molar-refractivity contribution in [3.63, 3.8) is 0 Å². The molecule has 108 valence electrons. The van der Waals surface area contributed by atoms with E-state index in [0.29, 0.717) is 0 Å². The van der Waals surface area contributed by atoms with E-state index in [0.717, 1.165) is 39.9 Å². The zero-order valence-electron chi connectivity index (χ0n) is 11.8. The fourth-order valence-electron chi connectivity index (χ4n) is 2.78. The van der Waals surface area contributed by atoms with Gasteiger partial charge in [0.2, 0.25) is 5.91 Å². The highest BCUT2D eigenvalue weighted by atomic mass is 79.9. The summed E-state index contributed by atoms with van der Waals surface area (Å²) in [5.74, 6) is -0.0387. The second-order valence-electron chi connectivity index (χ2n) is 5.36. The van der Waals surface area contributed by atoms with Crippen molar-refractivity contribution in [1.82, 2.24) is 0 Å². The standard InChI is InChI=1S/C17H17BrN2O/c1-11-8-12(18)10-13(9-11)20-17(21)15-6-7-19-16-5-3-2-4-14(15)16/h2-5,8-10,15,19H,6-7H2,1H3,(H,20,21). The van der Waals surface area contributed by atoms with Crippen molar-refractivity contribution in [2.45, 2.75) is 19.3 Å². The third kappa shape index (κ3) is 3.10. The third-order valence-corrected chi connectivity index (χ3v) is 4.17. The predicted octanol–water partition coefficient (Wildman–Crippen LogP) is 4.30. The lowest BCUT2D eigenvalue weighted by Gasteiger charge is -2.26. The maximum Gasteiger partial charge on any atom is 0.232 e. The molecule has 1 atom stereocenters. The fraction of sp³-hybridized carbons (Fsp3) is 0.235. The highest BCUT2D eigenvalue weighted by molar-refractivity contribution is 9.10. The molecule has 1 heterocycles. The summed E-state index contributed by atoms with van der Waals surface area (Å²) in [6.45, 7) is 2.84. The van der Waals surface area contributed by atoms with Crippen molar-refractivity contribution in [2.24, 2.45) is 0 Å². The Kier molecular flexibility index (Phi) is 3.97. The van der Waals surface area contributed by atoms with Gasteiger partial charge in [0.25, 0.3) is 0 Å². The lowest BCUT2D eigenvalue weighted by Crippen LogP contribution is -2.27. The van der Waals surface area contributed by atoms with Gasteiger partial charge in [-0.05, 0) is 48.7 Å². The summed E-state index contributed by atoms with van der Waals surface area (Å²) in [6, 6.07) is 14.0. The minimum absolute atomic E-state index is 0.0569. The van der Waals surface area contributed by atoms with Crippen molar-refractivity contribution in [3.05, 3.63) is 58.1 Å². The SMILES string of the molecule is Cc1cc(Br)cc(NC(=O)C2CCNc3ccccc32)c1. The first-order valence-corrected chi connectivity index (χ1v) is 7.83. The highest BCUT2D eigenvalue weighted by Crippen LogP contribution is 2.32. The summed E-state index contributed by atoms with van der Waals surface area (Å²) < 4.78 is 0.975. The number of amides is 1. The second-order valence-corrected chi connectivity index (χ2v) is 6.28. The first kappa shape index (κ1) is 14.1. The summed E-state index contributed by atoms with van der Waals surface area (Å²) in [5, 5.41) is 6.38. The summed E-state index contributed by atoms with van der Waals surface area (Å²) >= 11 is 3.46. The minimum Gasteiger partial charge on any atom is -0.385 e. The van der Waals surface area contributed by atoms with Crippen molar-refractivity contribution in [3.8, 4) is 0 Å². The number of nitrogens with one attached hydrogen (secondary N) is 2. The van der Waals surface area contributed by atoms with E-state index in [4.69, 9.17) is 0 Å². The maximum absolute atomic E-state index is 12.6. The van der Waals surface area contributed by atoms with Crippen LogP contribution in [0.3, 0.4) is 0 Å². The van der Waals surface area contributed by atoms with Gasteiger partial charge in [-0.25, -0.2) is 0 Å². The van der Waals surface area contributed by atoms with Gasteiger partial charge >= 0.3 is 0 Å². The molecule has 0 aliphatic carbocycles. The van der Waals surface area contributed by atoms with Gasteiger partial charge < -0.3 is 10.6 Å². The van der Waals surface area contributed by atoms with Crippen molar-refractivity contribution in [2.75, 3.05) is 17.2 Å². The molecule has 0 radical (unpaired) electrons. The molecule has 0 saturated heterocycles. The molecule has 2 aromatic carbocycles. The van der Waals surface area contributed by atoms with Crippen molar-refractivity contribution >= 4 is 33.2 Å². The van der Waals surface area contributed by atoms with Crippen LogP contribution in [0, 0.1) is 6.92 Å². The molecule has 0 fully saturated rings. The molecule has 2 N–H and O–H groups in total. The van der Waals surface area contributed by atoms with Gasteiger partial charge in [-0.1, -0.05) is 34.1 Å². The predicted molar refractivity (Wildman–Crippen MR) is 89.8 cm³/mol. The number of para-hydroxylation sites is 1. The third-order valence-electron chi connectivity index (χ3n) is 3.71. The monoisotopic (exact) mass is 344 g/mol. The quantitative estimate of drug-likeness (QED) is 0.852. The van der Waals surface area contributed by atoms with Crippen LogP contribution in [0.2, 0.25) is 0 Å². The Balaban J connectivity index is 1.83. The second kappa shape index (κ2) is 5.90. The molecule has 0 bridgehead atoms. The van der Waals surface area contributed by atoms with Gasteiger partial charge in [0, 0.05) is 22.4 Å². The Morgan fingerprint density at radius 2 is 2.10 bits per heavy atom. The van der Waals surface area contributed by atoms with Crippen LogP contribution < -0.4 is 10.6 Å². The average Bonchev–Trinajstić information content (AvgIpc) is 2.45. The molecule has 21 heavy (non-hydrogen) atoms. The summed E-state index contributed by atoms with van der Waals surface area (Å²) in [7, 11) is 0. The molecule has 0 aromatic heterocycles. The van der Waals surface area contributed by atoms with E-state index in [1.54, 1.807) is 0 Å². The number of carbonyl (C=O) groups is 1. The van der Waals surface area contributed by atoms with E-state index in [2.05, 4.69) is 26.6 Å². The first-order chi connectivity index (χ1) is 10.1. The summed E-state index contributed by atoms with van der Waals surface area (Å²) in [5.41, 5.74) is 4.09. The Morgan fingerprint density at radius 3 is 2.90 bits per heavy atom. The van der Waals surface area contributed by atoms with Gasteiger partial charge in [0.05, 0.1) is 5.92 Å². The van der Waals surface area contributed by atoms with Crippen LogP contribution in [0.1, 0.15) is 23.5 Å². The van der Waals surface area contributed by atoms with Gasteiger partial charge in [-0.15, -0.1) is 0 Å². The highest BCUT2D eigenvalue weighted by Gasteiger charge is 2.26. The molecule has 3 nitrogen and oxygen atoms in total. The van der Waals surface area contributed by atoms with Gasteiger partial charge in [-0.3, -0.25) is 4.79 Å². The van der Waals surface area contributed by atoms with Crippen LogP contribution >= 0.6 is 15.9 Å². The topological polar surface area (TPSA) is 41.1 Å². The Morgan fingerprint density at radius 1 is 1.29 bits per heavy atom. The van der Waals surface area contributed by atoms with E-state index in [1.165, 1.54) is 0 Å². The van der Waals surface area contributed by atoms with Gasteiger partial charge in [-0.2, -0.15) is 0 Å². The number of rotatable bonds is 2. The number of hydrogen-bond acceptors (Lipinski definition) is 2. The minimum atomic E-state index is -0.0956. The molecule has 1 unspecified atom stereocenters. The van der Waals surface area contributed by atoms with Crippen LogP contribution in [0.15, 0.2) is 46.9 Å². The lowest BCUT2D eigenvalue weighted by atomic mass is 9.90. The van der Waals surface area contributed by atoms with Crippen LogP contribution in [-0.2, 0) is 4.79 Å². The van der Waals surface area contributed by atoms with Crippen LogP contribution in [0.25, 0.3) is 0 Å². The van der Waals surface area contributed by atoms with E-state index < -0.39 is 0 Å². The molecule has 0 saturated carbocycles. The van der Waals surface area contributed by atoms with Crippen molar-refractivity contribution in [1.29, 1.82) is 0 Å². The average molecular weight is 345 g/mol. The van der Waals surface area contributed by atoms with Gasteiger partial charge in [0.1, 0.15) is 0 Å². The smallest absolute Gasteiger partial charge is 0.232 e. The molecule has 0 spiro atoms. The van der Waals surface area contributed by atoms with Crippen LogP contribution in [0.4, 0.5) is 11.4 Å². The maximum atomic E-state index is 12.6. The Hall–Kier alpha value is -1.81. The van der Waals surface area contributed by atoms with E-state index >= 15 is 0 Å². The van der Waals surface area contributed by atoms with Crippen LogP contribution in [-0.4, -0.2) is 12.5 Å². The molecule has 1 amide bonds. The Labute approximate surface area is 132 Å². The van der Waals surface area contributed by atoms with Gasteiger partial charge in [0.15, 0.2) is 0 Å². The Bertz CT molecular complexity index is 664. The van der Waals surface area contributed by atoms with E-state index in [-0.39, 0.29) is 11.8 Å². The lowest BCUT2D eigenvalue weighted by molar-refractivity contribution is -0.117. The molecule has 2 aromatic rings. The number of fused-ring (bicyclic) bond motifs is 1. The molecule has 1 aliphatic heterocycles. The number of hydrogen-bond donors (Lipinski definition) is 2. The largest absolute Gasteiger partial charge is 0.385 e. The molecular weight excluding hydrogens is 328 g/mol. The number of halogens is 1. The number of anilines is 2. The summed E-state index contributed by atoms with van der Waals surface area (Å²) in [6.07, 6.45) is 0.815. The molecule has 4 heteroatoms. The van der Waals surface area contributed by atoms with Crippen molar-refractivity contribution < 1.29 is 4.79 Å². The molecule has 1 aliphatic rings. The fourth-order valence-corrected chi connectivity index (χ4v) is 3.39.